The zero-order valence-corrected chi connectivity index (χ0v) is 22.8. The molecule has 0 saturated carbocycles. The van der Waals surface area contributed by atoms with Gasteiger partial charge >= 0.3 is 0 Å². The summed E-state index contributed by atoms with van der Waals surface area (Å²) < 4.78 is 4.91. The fraction of sp³-hybridized carbons (Fsp3) is 0. The molecule has 194 valence electrons. The number of nitrogens with zero attached hydrogens (tertiary/aromatic N) is 2. The van der Waals surface area contributed by atoms with Gasteiger partial charge in [0.05, 0.1) is 27.6 Å². The second-order valence-electron chi connectivity index (χ2n) is 11.4. The molecule has 2 heteroatoms. The van der Waals surface area contributed by atoms with Crippen LogP contribution in [0.1, 0.15) is 0 Å². The molecule has 10 aromatic rings. The number of hydrogen-bond acceptors (Lipinski definition) is 0. The van der Waals surface area contributed by atoms with Crippen molar-refractivity contribution in [3.05, 3.63) is 146 Å². The summed E-state index contributed by atoms with van der Waals surface area (Å²) in [6, 6.07) is 53.6. The Labute approximate surface area is 241 Å². The topological polar surface area (TPSA) is 9.34 Å². The van der Waals surface area contributed by atoms with Crippen LogP contribution in [0.25, 0.3) is 87.1 Å². The van der Waals surface area contributed by atoms with Crippen LogP contribution in [0.15, 0.2) is 146 Å². The minimum absolute atomic E-state index is 1.18. The maximum absolute atomic E-state index is 2.46. The van der Waals surface area contributed by atoms with Crippen molar-refractivity contribution in [2.75, 3.05) is 0 Å². The molecule has 0 saturated heterocycles. The predicted octanol–water partition coefficient (Wildman–Crippen LogP) is 10.8. The average molecular weight is 533 g/mol. The number of rotatable bonds is 1. The van der Waals surface area contributed by atoms with Crippen molar-refractivity contribution in [3.8, 4) is 5.69 Å². The largest absolute Gasteiger partial charge is 0.309 e. The molecule has 3 aromatic heterocycles. The second kappa shape index (κ2) is 7.99. The molecular formula is C40H24N2. The molecule has 3 heterocycles. The van der Waals surface area contributed by atoms with Gasteiger partial charge in [0.25, 0.3) is 0 Å². The zero-order chi connectivity index (χ0) is 27.4. The number of para-hydroxylation sites is 2. The van der Waals surface area contributed by atoms with Gasteiger partial charge in [0.15, 0.2) is 0 Å². The van der Waals surface area contributed by atoms with E-state index < -0.39 is 0 Å². The van der Waals surface area contributed by atoms with Gasteiger partial charge in [-0.1, -0.05) is 103 Å². The Morgan fingerprint density at radius 3 is 1.74 bits per heavy atom. The van der Waals surface area contributed by atoms with Crippen molar-refractivity contribution >= 4 is 81.4 Å². The molecule has 0 atom stereocenters. The first-order valence-electron chi connectivity index (χ1n) is 14.5. The highest BCUT2D eigenvalue weighted by Crippen LogP contribution is 2.39. The van der Waals surface area contributed by atoms with Crippen LogP contribution >= 0.6 is 0 Å². The molecule has 2 nitrogen and oxygen atoms in total. The summed E-state index contributed by atoms with van der Waals surface area (Å²) in [4.78, 5) is 0. The van der Waals surface area contributed by atoms with Crippen molar-refractivity contribution in [2.24, 2.45) is 0 Å². The monoisotopic (exact) mass is 532 g/mol. The van der Waals surface area contributed by atoms with Gasteiger partial charge in [0.1, 0.15) is 0 Å². The standard InChI is InChI=1S/C40H24N2/c1-2-10-29-25(9-1)17-18-26-21-28(19-20-30(26)29)41-36-15-7-6-14-34(36)35-22-27-23-39-33-13-4-3-11-31(33)32-12-5-8-16-37(32)42(39)38(27)24-40(35)41/h1-24H. The minimum Gasteiger partial charge on any atom is -0.309 e. The van der Waals surface area contributed by atoms with Crippen molar-refractivity contribution in [2.45, 2.75) is 0 Å². The summed E-state index contributed by atoms with van der Waals surface area (Å²) in [5.41, 5.74) is 7.35. The molecule has 0 N–H and O–H groups in total. The second-order valence-corrected chi connectivity index (χ2v) is 11.4. The van der Waals surface area contributed by atoms with E-state index in [0.717, 1.165) is 0 Å². The Kier molecular flexibility index (Phi) is 4.21. The zero-order valence-electron chi connectivity index (χ0n) is 22.8. The van der Waals surface area contributed by atoms with Crippen LogP contribution < -0.4 is 0 Å². The van der Waals surface area contributed by atoms with Gasteiger partial charge in [-0.15, -0.1) is 0 Å². The molecule has 0 bridgehead atoms. The van der Waals surface area contributed by atoms with E-state index in [-0.39, 0.29) is 0 Å². The molecule has 0 unspecified atom stereocenters. The third kappa shape index (κ3) is 2.83. The van der Waals surface area contributed by atoms with Crippen LogP contribution in [0.2, 0.25) is 0 Å². The van der Waals surface area contributed by atoms with Crippen LogP contribution in [-0.2, 0) is 0 Å². The number of aromatic nitrogens is 2. The molecule has 0 radical (unpaired) electrons. The summed E-state index contributed by atoms with van der Waals surface area (Å²) in [5, 5.41) is 12.8. The molecule has 0 aliphatic rings. The first-order valence-corrected chi connectivity index (χ1v) is 14.5. The summed E-state index contributed by atoms with van der Waals surface area (Å²) in [6.45, 7) is 0. The van der Waals surface area contributed by atoms with Crippen LogP contribution in [-0.4, -0.2) is 8.97 Å². The van der Waals surface area contributed by atoms with Crippen molar-refractivity contribution in [3.63, 3.8) is 0 Å². The Bertz CT molecular complexity index is 2740. The van der Waals surface area contributed by atoms with Crippen LogP contribution in [0.4, 0.5) is 0 Å². The fourth-order valence-corrected chi connectivity index (χ4v) is 7.38. The summed E-state index contributed by atoms with van der Waals surface area (Å²) >= 11 is 0. The van der Waals surface area contributed by atoms with E-state index in [2.05, 4.69) is 155 Å². The normalized spacial score (nSPS) is 12.3. The highest BCUT2D eigenvalue weighted by Gasteiger charge is 2.17. The van der Waals surface area contributed by atoms with E-state index in [1.807, 2.05) is 0 Å². The molecule has 0 spiro atoms. The van der Waals surface area contributed by atoms with Gasteiger partial charge in [-0.3, -0.25) is 0 Å². The summed E-state index contributed by atoms with van der Waals surface area (Å²) in [5.74, 6) is 0. The summed E-state index contributed by atoms with van der Waals surface area (Å²) in [7, 11) is 0. The predicted molar refractivity (Wildman–Crippen MR) is 179 cm³/mol. The molecule has 0 aliphatic heterocycles. The van der Waals surface area contributed by atoms with Gasteiger partial charge in [0, 0.05) is 32.6 Å². The quantitative estimate of drug-likeness (QED) is 0.186. The smallest absolute Gasteiger partial charge is 0.0562 e. The number of hydrogen-bond donors (Lipinski definition) is 0. The number of benzene rings is 7. The highest BCUT2D eigenvalue weighted by atomic mass is 15.0. The van der Waals surface area contributed by atoms with Gasteiger partial charge in [-0.25, -0.2) is 0 Å². The molecule has 0 aliphatic carbocycles. The Hall–Kier alpha value is -5.60. The van der Waals surface area contributed by atoms with Crippen LogP contribution in [0.3, 0.4) is 0 Å². The molecule has 0 fully saturated rings. The summed E-state index contributed by atoms with van der Waals surface area (Å²) in [6.07, 6.45) is 0. The molecule has 0 amide bonds. The molecular weight excluding hydrogens is 508 g/mol. The maximum Gasteiger partial charge on any atom is 0.0562 e. The van der Waals surface area contributed by atoms with Crippen molar-refractivity contribution in [1.29, 1.82) is 0 Å². The Morgan fingerprint density at radius 1 is 0.286 bits per heavy atom. The third-order valence-electron chi connectivity index (χ3n) is 9.22. The first-order chi connectivity index (χ1) is 20.8. The van der Waals surface area contributed by atoms with E-state index in [9.17, 15) is 0 Å². The number of fused-ring (bicyclic) bond motifs is 14. The van der Waals surface area contributed by atoms with Gasteiger partial charge < -0.3 is 8.97 Å². The highest BCUT2D eigenvalue weighted by molar-refractivity contribution is 6.19. The van der Waals surface area contributed by atoms with E-state index in [1.54, 1.807) is 0 Å². The van der Waals surface area contributed by atoms with E-state index in [0.29, 0.717) is 0 Å². The van der Waals surface area contributed by atoms with Crippen molar-refractivity contribution < 1.29 is 0 Å². The molecule has 42 heavy (non-hydrogen) atoms. The van der Waals surface area contributed by atoms with Crippen LogP contribution in [0.5, 0.6) is 0 Å². The average Bonchev–Trinajstić information content (AvgIpc) is 3.59. The van der Waals surface area contributed by atoms with Gasteiger partial charge in [0.2, 0.25) is 0 Å². The maximum atomic E-state index is 2.46. The number of pyridine rings is 1. The Balaban J connectivity index is 1.35. The lowest BCUT2D eigenvalue weighted by molar-refractivity contribution is 1.19. The molecule has 10 rings (SSSR count). The van der Waals surface area contributed by atoms with Gasteiger partial charge in [-0.05, 0) is 69.4 Å². The van der Waals surface area contributed by atoms with E-state index in [1.165, 1.54) is 87.1 Å². The molecule has 7 aromatic carbocycles. The minimum atomic E-state index is 1.18. The first kappa shape index (κ1) is 22.1. The van der Waals surface area contributed by atoms with E-state index in [4.69, 9.17) is 0 Å². The van der Waals surface area contributed by atoms with Crippen LogP contribution in [0, 0.1) is 0 Å². The lowest BCUT2D eigenvalue weighted by Crippen LogP contribution is -1.95. The third-order valence-corrected chi connectivity index (χ3v) is 9.22. The Morgan fingerprint density at radius 2 is 0.905 bits per heavy atom. The van der Waals surface area contributed by atoms with E-state index >= 15 is 0 Å². The SMILES string of the molecule is c1ccc2c(c1)ccc1cc(-n3c4ccccc4c4cc5cc6c7ccccc7c7ccccc7n6c5cc43)ccc12. The van der Waals surface area contributed by atoms with Crippen molar-refractivity contribution in [1.82, 2.24) is 8.97 Å². The fourth-order valence-electron chi connectivity index (χ4n) is 7.38. The lowest BCUT2D eigenvalue weighted by atomic mass is 10.0. The van der Waals surface area contributed by atoms with Gasteiger partial charge in [-0.2, -0.15) is 0 Å². The lowest BCUT2D eigenvalue weighted by Gasteiger charge is -2.12.